The molecule has 0 saturated carbocycles. The highest BCUT2D eigenvalue weighted by Gasteiger charge is 2.45. The average Bonchev–Trinajstić information content (AvgIpc) is 3.84. The minimum Gasteiger partial charge on any atom is -0.355 e. The van der Waals surface area contributed by atoms with Crippen LogP contribution in [0.25, 0.3) is 42.4 Å². The van der Waals surface area contributed by atoms with Crippen LogP contribution in [-0.2, 0) is 37.9 Å². The first-order valence-corrected chi connectivity index (χ1v) is 28.8. The molecule has 1 N–H and O–H groups in total. The van der Waals surface area contributed by atoms with E-state index in [1.165, 1.54) is 158 Å². The van der Waals surface area contributed by atoms with Gasteiger partial charge >= 0.3 is 0 Å². The van der Waals surface area contributed by atoms with Gasteiger partial charge in [-0.2, -0.15) is 0 Å². The fourth-order valence-electron chi connectivity index (χ4n) is 14.8. The van der Waals surface area contributed by atoms with Crippen molar-refractivity contribution >= 4 is 78.2 Å². The second kappa shape index (κ2) is 15.5. The van der Waals surface area contributed by atoms with Gasteiger partial charge in [-0.15, -0.1) is 11.3 Å². The van der Waals surface area contributed by atoms with E-state index in [2.05, 4.69) is 231 Å². The van der Waals surface area contributed by atoms with E-state index in [4.69, 9.17) is 0 Å². The van der Waals surface area contributed by atoms with E-state index in [0.29, 0.717) is 0 Å². The van der Waals surface area contributed by atoms with E-state index in [0.717, 1.165) is 12.8 Å². The molecule has 1 aromatic heterocycles. The van der Waals surface area contributed by atoms with Crippen LogP contribution in [0.2, 0.25) is 0 Å². The average molecular weight is 988 g/mol. The van der Waals surface area contributed by atoms with Gasteiger partial charge in [-0.1, -0.05) is 169 Å². The molecule has 8 aromatic rings. The summed E-state index contributed by atoms with van der Waals surface area (Å²) in [4.78, 5) is 2.75. The molecule has 0 saturated heterocycles. The van der Waals surface area contributed by atoms with Crippen molar-refractivity contribution in [1.29, 1.82) is 0 Å². The van der Waals surface area contributed by atoms with Gasteiger partial charge in [0.25, 0.3) is 0 Å². The normalized spacial score (nSPS) is 20.3. The fraction of sp³-hybridized carbons (Fsp3) is 0.400. The van der Waals surface area contributed by atoms with Crippen LogP contribution >= 0.6 is 11.3 Å². The molecule has 0 spiro atoms. The summed E-state index contributed by atoms with van der Waals surface area (Å²) < 4.78 is 2.69. The van der Waals surface area contributed by atoms with Gasteiger partial charge < -0.3 is 10.2 Å². The van der Waals surface area contributed by atoms with Gasteiger partial charge in [0, 0.05) is 49.2 Å². The van der Waals surface area contributed by atoms with Crippen LogP contribution in [0.15, 0.2) is 109 Å². The van der Waals surface area contributed by atoms with Gasteiger partial charge in [-0.3, -0.25) is 0 Å². The molecule has 13 rings (SSSR count). The highest BCUT2D eigenvalue weighted by Crippen LogP contribution is 2.59. The van der Waals surface area contributed by atoms with Crippen LogP contribution in [-0.4, -0.2) is 7.28 Å². The van der Waals surface area contributed by atoms with Crippen LogP contribution in [0.1, 0.15) is 186 Å². The molecule has 0 unspecified atom stereocenters. The summed E-state index contributed by atoms with van der Waals surface area (Å²) in [7, 11) is 2.59. The first-order chi connectivity index (χ1) is 34.8. The second-order valence-electron chi connectivity index (χ2n) is 28.1. The molecule has 7 aromatic carbocycles. The molecule has 0 bridgehead atoms. The maximum absolute atomic E-state index is 4.28. The minimum absolute atomic E-state index is 0.00467. The van der Waals surface area contributed by atoms with Crippen molar-refractivity contribution in [3.8, 4) is 22.3 Å². The van der Waals surface area contributed by atoms with Crippen LogP contribution in [0.3, 0.4) is 0 Å². The Kier molecular flexibility index (Phi) is 10.1. The third-order valence-corrected chi connectivity index (χ3v) is 21.2. The number of nitrogens with one attached hydrogen (secondary N) is 1. The molecular formula is C70H76BN2S. The Bertz CT molecular complexity index is 3740. The lowest BCUT2D eigenvalue weighted by Crippen LogP contribution is -2.42. The largest absolute Gasteiger partial charge is 0.355 e. The van der Waals surface area contributed by atoms with Crippen LogP contribution in [0.5, 0.6) is 0 Å². The maximum atomic E-state index is 4.28. The van der Waals surface area contributed by atoms with E-state index in [-0.39, 0.29) is 37.9 Å². The van der Waals surface area contributed by atoms with Gasteiger partial charge in [0.05, 0.1) is 10.4 Å². The van der Waals surface area contributed by atoms with Crippen LogP contribution in [0.4, 0.5) is 28.4 Å². The molecule has 74 heavy (non-hydrogen) atoms. The summed E-state index contributed by atoms with van der Waals surface area (Å²) in [5, 5.41) is 6.95. The molecular weight excluding hydrogens is 912 g/mol. The lowest BCUT2D eigenvalue weighted by Gasteiger charge is -2.44. The number of anilines is 5. The number of hydrogen-bond acceptors (Lipinski definition) is 3. The van der Waals surface area contributed by atoms with E-state index in [1.807, 2.05) is 11.3 Å². The lowest BCUT2D eigenvalue weighted by molar-refractivity contribution is 0.332. The standard InChI is InChI=1S/C70H76BN2S/c1-40-34-48-52(69(12,13)33-30-65(48,4)5)38-56(40)73-57-39-53-59(44-21-16-18-22-46(44)70(53,14)15)60(61(57)71-54-27-25-43-42-20-17-19-23-58(42)74-63(43)62(54)73)45-36-50-51(68(10,11)32-31-67(50,8)9)37-55(45)72-41-24-26-47-49(35-41)66(6,7)29-28-64(47,2)3/h16-27,34-39,72H,28-33H2,1-15H3. The van der Waals surface area contributed by atoms with Crippen molar-refractivity contribution in [1.82, 2.24) is 0 Å². The highest BCUT2D eigenvalue weighted by atomic mass is 32.1. The summed E-state index contributed by atoms with van der Waals surface area (Å²) in [6, 6.07) is 43.7. The Balaban J connectivity index is 1.16. The molecule has 2 nitrogen and oxygen atoms in total. The predicted octanol–water partition coefficient (Wildman–Crippen LogP) is 18.6. The number of aryl methyl sites for hydroxylation is 1. The van der Waals surface area contributed by atoms with E-state index >= 15 is 0 Å². The zero-order chi connectivity index (χ0) is 52.0. The quantitative estimate of drug-likeness (QED) is 0.177. The highest BCUT2D eigenvalue weighted by molar-refractivity contribution is 7.26. The first-order valence-electron chi connectivity index (χ1n) is 28.0. The van der Waals surface area contributed by atoms with Gasteiger partial charge in [0.15, 0.2) is 7.28 Å². The smallest absolute Gasteiger partial charge is 0.197 e. The Morgan fingerprint density at radius 2 is 1.01 bits per heavy atom. The molecule has 1 radical (unpaired) electrons. The summed E-state index contributed by atoms with van der Waals surface area (Å²) >= 11 is 1.96. The summed E-state index contributed by atoms with van der Waals surface area (Å²) in [6.45, 7) is 37.0. The van der Waals surface area contributed by atoms with Gasteiger partial charge in [-0.05, 0) is 193 Å². The molecule has 4 heteroatoms. The maximum Gasteiger partial charge on any atom is 0.197 e. The molecule has 4 aliphatic carbocycles. The third-order valence-electron chi connectivity index (χ3n) is 20.0. The monoisotopic (exact) mass is 988 g/mol. The minimum atomic E-state index is -0.248. The van der Waals surface area contributed by atoms with E-state index < -0.39 is 0 Å². The third kappa shape index (κ3) is 6.87. The van der Waals surface area contributed by atoms with Crippen molar-refractivity contribution in [2.24, 2.45) is 0 Å². The number of benzene rings is 7. The van der Waals surface area contributed by atoms with Crippen molar-refractivity contribution in [3.63, 3.8) is 0 Å². The molecule has 0 amide bonds. The number of fused-ring (bicyclic) bond motifs is 12. The Morgan fingerprint density at radius 3 is 1.69 bits per heavy atom. The molecule has 1 aliphatic heterocycles. The Labute approximate surface area is 447 Å². The van der Waals surface area contributed by atoms with Crippen molar-refractivity contribution in [2.45, 2.75) is 180 Å². The fourth-order valence-corrected chi connectivity index (χ4v) is 16.1. The first kappa shape index (κ1) is 48.1. The van der Waals surface area contributed by atoms with Crippen LogP contribution in [0, 0.1) is 6.92 Å². The van der Waals surface area contributed by atoms with Crippen molar-refractivity contribution in [2.75, 3.05) is 10.2 Å². The number of rotatable bonds is 4. The second-order valence-corrected chi connectivity index (χ2v) is 29.1. The van der Waals surface area contributed by atoms with Gasteiger partial charge in [0.2, 0.25) is 0 Å². The number of hydrogen-bond donors (Lipinski definition) is 1. The van der Waals surface area contributed by atoms with Crippen LogP contribution < -0.4 is 21.1 Å². The van der Waals surface area contributed by atoms with Crippen molar-refractivity contribution < 1.29 is 0 Å². The molecule has 5 aliphatic rings. The molecule has 2 heterocycles. The molecule has 375 valence electrons. The van der Waals surface area contributed by atoms with E-state index in [1.54, 1.807) is 0 Å². The van der Waals surface area contributed by atoms with Crippen molar-refractivity contribution in [3.05, 3.63) is 159 Å². The predicted molar refractivity (Wildman–Crippen MR) is 322 cm³/mol. The van der Waals surface area contributed by atoms with Gasteiger partial charge in [0.1, 0.15) is 0 Å². The number of nitrogens with zero attached hydrogens (tertiary/aromatic N) is 1. The Hall–Kier alpha value is -5.58. The number of thiophene rings is 1. The van der Waals surface area contributed by atoms with E-state index in [9.17, 15) is 0 Å². The van der Waals surface area contributed by atoms with Gasteiger partial charge in [-0.25, -0.2) is 0 Å². The topological polar surface area (TPSA) is 15.3 Å². The summed E-state index contributed by atoms with van der Waals surface area (Å²) in [5.74, 6) is 0. The molecule has 0 atom stereocenters. The molecule has 0 fully saturated rings. The Morgan fingerprint density at radius 1 is 0.459 bits per heavy atom. The lowest BCUT2D eigenvalue weighted by atomic mass is 9.56. The summed E-state index contributed by atoms with van der Waals surface area (Å²) in [6.07, 6.45) is 7.05. The SMILES string of the molecule is Cc1cc2c(cc1N1c3cc4c(c(-c5cc6c(cc5Nc5ccc7c(c5)C(C)(C)CCC7(C)C)C(C)(C)CCC6(C)C)c3[B]c3ccc5c(sc6ccccc65)c31)-c1ccccc1C4(C)C)C(C)(C)CCC2(C)C. The summed E-state index contributed by atoms with van der Waals surface area (Å²) in [5.41, 5.74) is 27.4. The zero-order valence-corrected chi connectivity index (χ0v) is 47.9. The zero-order valence-electron chi connectivity index (χ0n) is 47.1.